The van der Waals surface area contributed by atoms with Crippen LogP contribution in [0.2, 0.25) is 0 Å². The van der Waals surface area contributed by atoms with Crippen LogP contribution in [-0.4, -0.2) is 21.0 Å². The lowest BCUT2D eigenvalue weighted by Gasteiger charge is -2.08. The van der Waals surface area contributed by atoms with Gasteiger partial charge in [-0.05, 0) is 25.0 Å². The highest BCUT2D eigenvalue weighted by Crippen LogP contribution is 2.48. The fourth-order valence-electron chi connectivity index (χ4n) is 2.04. The second-order valence-electron chi connectivity index (χ2n) is 4.61. The summed E-state index contributed by atoms with van der Waals surface area (Å²) in [4.78, 5) is 19.9. The van der Waals surface area contributed by atoms with Gasteiger partial charge in [0.15, 0.2) is 0 Å². The molecule has 1 aromatic carbocycles. The highest BCUT2D eigenvalue weighted by Gasteiger charge is 2.50. The van der Waals surface area contributed by atoms with Crippen LogP contribution in [0.4, 0.5) is 0 Å². The summed E-state index contributed by atoms with van der Waals surface area (Å²) in [5.41, 5.74) is 1.86. The Balaban J connectivity index is 1.94. The van der Waals surface area contributed by atoms with Gasteiger partial charge in [0, 0.05) is 12.6 Å². The molecule has 1 aliphatic rings. The predicted octanol–water partition coefficient (Wildman–Crippen LogP) is 2.04. The third-order valence-electron chi connectivity index (χ3n) is 3.33. The van der Waals surface area contributed by atoms with E-state index in [2.05, 4.69) is 9.97 Å². The molecule has 3 rings (SSSR count). The molecule has 0 spiro atoms. The van der Waals surface area contributed by atoms with Gasteiger partial charge in [0.05, 0.1) is 22.1 Å². The molecule has 0 unspecified atom stereocenters. The van der Waals surface area contributed by atoms with E-state index >= 15 is 0 Å². The van der Waals surface area contributed by atoms with Crippen molar-refractivity contribution in [2.75, 3.05) is 0 Å². The number of rotatable bonds is 3. The van der Waals surface area contributed by atoms with Crippen LogP contribution in [0.1, 0.15) is 18.5 Å². The zero-order chi connectivity index (χ0) is 11.9. The lowest BCUT2D eigenvalue weighted by molar-refractivity contribution is -0.143. The van der Waals surface area contributed by atoms with E-state index in [0.717, 1.165) is 29.6 Å². The molecule has 0 radical (unpaired) electrons. The summed E-state index contributed by atoms with van der Waals surface area (Å²) in [5.74, 6) is -0.715. The average Bonchev–Trinajstić information content (AvgIpc) is 3.10. The molecule has 1 heterocycles. The topological polar surface area (TPSA) is 63.1 Å². The standard InChI is InChI=1S/C13H12N2O2/c16-12(17)13(5-6-13)7-9-8-14-10-3-1-2-4-11(10)15-9/h1-4,8H,5-7H2,(H,16,17). The first-order valence-corrected chi connectivity index (χ1v) is 5.64. The number of fused-ring (bicyclic) bond motifs is 1. The maximum Gasteiger partial charge on any atom is 0.310 e. The zero-order valence-corrected chi connectivity index (χ0v) is 9.26. The first kappa shape index (κ1) is 10.2. The summed E-state index contributed by atoms with van der Waals surface area (Å²) >= 11 is 0. The Labute approximate surface area is 98.3 Å². The van der Waals surface area contributed by atoms with E-state index in [-0.39, 0.29) is 0 Å². The van der Waals surface area contributed by atoms with Crippen LogP contribution in [-0.2, 0) is 11.2 Å². The van der Waals surface area contributed by atoms with E-state index in [1.165, 1.54) is 0 Å². The second kappa shape index (κ2) is 3.52. The molecule has 4 heteroatoms. The Morgan fingerprint density at radius 3 is 2.65 bits per heavy atom. The fourth-order valence-corrected chi connectivity index (χ4v) is 2.04. The number of aromatic nitrogens is 2. The first-order valence-electron chi connectivity index (χ1n) is 5.64. The number of benzene rings is 1. The zero-order valence-electron chi connectivity index (χ0n) is 9.26. The van der Waals surface area contributed by atoms with Gasteiger partial charge in [-0.2, -0.15) is 0 Å². The summed E-state index contributed by atoms with van der Waals surface area (Å²) in [6, 6.07) is 7.61. The number of carbonyl (C=O) groups is 1. The van der Waals surface area contributed by atoms with Crippen LogP contribution in [0.5, 0.6) is 0 Å². The Hall–Kier alpha value is -1.97. The number of nitrogens with zero attached hydrogens (tertiary/aromatic N) is 2. The maximum absolute atomic E-state index is 11.1. The molecule has 86 valence electrons. The normalized spacial score (nSPS) is 16.9. The van der Waals surface area contributed by atoms with Crippen molar-refractivity contribution >= 4 is 17.0 Å². The van der Waals surface area contributed by atoms with E-state index in [4.69, 9.17) is 5.11 Å². The van der Waals surface area contributed by atoms with E-state index in [0.29, 0.717) is 6.42 Å². The molecule has 1 aliphatic carbocycles. The van der Waals surface area contributed by atoms with Crippen LogP contribution >= 0.6 is 0 Å². The van der Waals surface area contributed by atoms with Crippen molar-refractivity contribution in [2.24, 2.45) is 5.41 Å². The molecular weight excluding hydrogens is 216 g/mol. The molecule has 17 heavy (non-hydrogen) atoms. The minimum atomic E-state index is -0.715. The van der Waals surface area contributed by atoms with Crippen molar-refractivity contribution in [2.45, 2.75) is 19.3 Å². The van der Waals surface area contributed by atoms with Gasteiger partial charge in [0.2, 0.25) is 0 Å². The van der Waals surface area contributed by atoms with E-state index in [1.54, 1.807) is 6.20 Å². The number of hydrogen-bond acceptors (Lipinski definition) is 3. The molecule has 1 saturated carbocycles. The molecule has 0 saturated heterocycles. The number of carboxylic acids is 1. The monoisotopic (exact) mass is 228 g/mol. The molecule has 4 nitrogen and oxygen atoms in total. The summed E-state index contributed by atoms with van der Waals surface area (Å²) in [6.45, 7) is 0. The molecule has 0 aliphatic heterocycles. The third kappa shape index (κ3) is 1.75. The summed E-state index contributed by atoms with van der Waals surface area (Å²) in [5, 5.41) is 9.13. The molecule has 1 N–H and O–H groups in total. The predicted molar refractivity (Wildman–Crippen MR) is 62.5 cm³/mol. The summed E-state index contributed by atoms with van der Waals surface area (Å²) < 4.78 is 0. The SMILES string of the molecule is O=C(O)C1(Cc2cnc3ccccc3n2)CC1. The van der Waals surface area contributed by atoms with Gasteiger partial charge in [0.1, 0.15) is 0 Å². The highest BCUT2D eigenvalue weighted by molar-refractivity contribution is 5.78. The van der Waals surface area contributed by atoms with Crippen LogP contribution in [0.25, 0.3) is 11.0 Å². The number of para-hydroxylation sites is 2. The van der Waals surface area contributed by atoms with Gasteiger partial charge in [-0.1, -0.05) is 12.1 Å². The third-order valence-corrected chi connectivity index (χ3v) is 3.33. The fraction of sp³-hybridized carbons (Fsp3) is 0.308. The molecule has 0 bridgehead atoms. The van der Waals surface area contributed by atoms with Crippen molar-refractivity contribution in [3.63, 3.8) is 0 Å². The average molecular weight is 228 g/mol. The van der Waals surface area contributed by atoms with Gasteiger partial charge >= 0.3 is 5.97 Å². The first-order chi connectivity index (χ1) is 8.20. The largest absolute Gasteiger partial charge is 0.481 e. The highest BCUT2D eigenvalue weighted by atomic mass is 16.4. The van der Waals surface area contributed by atoms with Crippen LogP contribution in [0.3, 0.4) is 0 Å². The van der Waals surface area contributed by atoms with Crippen molar-refractivity contribution in [3.05, 3.63) is 36.2 Å². The van der Waals surface area contributed by atoms with Crippen LogP contribution in [0.15, 0.2) is 30.5 Å². The van der Waals surface area contributed by atoms with Gasteiger partial charge < -0.3 is 5.11 Å². The van der Waals surface area contributed by atoms with Gasteiger partial charge in [-0.3, -0.25) is 9.78 Å². The smallest absolute Gasteiger partial charge is 0.310 e. The van der Waals surface area contributed by atoms with Crippen LogP contribution in [0, 0.1) is 5.41 Å². The van der Waals surface area contributed by atoms with Crippen molar-refractivity contribution in [1.82, 2.24) is 9.97 Å². The lowest BCUT2D eigenvalue weighted by atomic mass is 10.0. The van der Waals surface area contributed by atoms with Crippen molar-refractivity contribution < 1.29 is 9.90 Å². The van der Waals surface area contributed by atoms with E-state index in [1.807, 2.05) is 24.3 Å². The summed E-state index contributed by atoms with van der Waals surface area (Å²) in [7, 11) is 0. The molecule has 1 fully saturated rings. The van der Waals surface area contributed by atoms with Crippen molar-refractivity contribution in [3.8, 4) is 0 Å². The second-order valence-corrected chi connectivity index (χ2v) is 4.61. The summed E-state index contributed by atoms with van der Waals surface area (Å²) in [6.07, 6.45) is 3.67. The Morgan fingerprint density at radius 2 is 2.00 bits per heavy atom. The van der Waals surface area contributed by atoms with Crippen LogP contribution < -0.4 is 0 Å². The number of carboxylic acid groups (broad SMARTS) is 1. The Bertz CT molecular complexity index is 591. The maximum atomic E-state index is 11.1. The number of hydrogen-bond donors (Lipinski definition) is 1. The Morgan fingerprint density at radius 1 is 1.29 bits per heavy atom. The van der Waals surface area contributed by atoms with E-state index in [9.17, 15) is 4.79 Å². The minimum Gasteiger partial charge on any atom is -0.481 e. The van der Waals surface area contributed by atoms with Gasteiger partial charge in [0.25, 0.3) is 0 Å². The molecule has 2 aromatic rings. The molecule has 0 amide bonds. The number of aliphatic carboxylic acids is 1. The van der Waals surface area contributed by atoms with Gasteiger partial charge in [-0.25, -0.2) is 4.98 Å². The van der Waals surface area contributed by atoms with Crippen molar-refractivity contribution in [1.29, 1.82) is 0 Å². The molecule has 1 aromatic heterocycles. The van der Waals surface area contributed by atoms with E-state index < -0.39 is 11.4 Å². The minimum absolute atomic E-state index is 0.486. The molecule has 0 atom stereocenters. The Kier molecular flexibility index (Phi) is 2.11. The lowest BCUT2D eigenvalue weighted by Crippen LogP contribution is -2.18. The van der Waals surface area contributed by atoms with Gasteiger partial charge in [-0.15, -0.1) is 0 Å². The quantitative estimate of drug-likeness (QED) is 0.873. The molecular formula is C13H12N2O2.